The SMILES string of the molecule is Clc1ccc(Cl)c(COCC2CCCN2)c1. The van der Waals surface area contributed by atoms with Crippen LogP contribution in [-0.2, 0) is 11.3 Å². The fourth-order valence-corrected chi connectivity index (χ4v) is 2.23. The molecular formula is C12H15Cl2NO. The first-order chi connectivity index (χ1) is 7.75. The minimum atomic E-state index is 0.498. The second-order valence-electron chi connectivity index (χ2n) is 4.04. The highest BCUT2D eigenvalue weighted by Gasteiger charge is 2.13. The molecular weight excluding hydrogens is 245 g/mol. The molecule has 0 aromatic heterocycles. The van der Waals surface area contributed by atoms with Gasteiger partial charge in [-0.15, -0.1) is 0 Å². The van der Waals surface area contributed by atoms with Gasteiger partial charge in [0.15, 0.2) is 0 Å². The van der Waals surface area contributed by atoms with Crippen molar-refractivity contribution in [1.82, 2.24) is 5.32 Å². The van der Waals surface area contributed by atoms with Gasteiger partial charge in [0.25, 0.3) is 0 Å². The van der Waals surface area contributed by atoms with Crippen molar-refractivity contribution >= 4 is 23.2 Å². The lowest BCUT2D eigenvalue weighted by Crippen LogP contribution is -2.26. The molecule has 1 aromatic rings. The lowest BCUT2D eigenvalue weighted by Gasteiger charge is -2.11. The molecule has 0 amide bonds. The smallest absolute Gasteiger partial charge is 0.0732 e. The van der Waals surface area contributed by atoms with E-state index in [1.807, 2.05) is 6.07 Å². The first kappa shape index (κ1) is 12.2. The van der Waals surface area contributed by atoms with Crippen LogP contribution in [0, 0.1) is 0 Å². The maximum absolute atomic E-state index is 6.04. The highest BCUT2D eigenvalue weighted by atomic mass is 35.5. The summed E-state index contributed by atoms with van der Waals surface area (Å²) in [6.45, 7) is 2.37. The van der Waals surface area contributed by atoms with E-state index in [4.69, 9.17) is 27.9 Å². The molecule has 1 unspecified atom stereocenters. The molecule has 88 valence electrons. The predicted octanol–water partition coefficient (Wildman–Crippen LogP) is 3.26. The summed E-state index contributed by atoms with van der Waals surface area (Å²) in [7, 11) is 0. The third-order valence-electron chi connectivity index (χ3n) is 2.75. The third kappa shape index (κ3) is 3.36. The predicted molar refractivity (Wildman–Crippen MR) is 67.1 cm³/mol. The van der Waals surface area contributed by atoms with Gasteiger partial charge in [-0.05, 0) is 43.1 Å². The Morgan fingerprint density at radius 2 is 2.25 bits per heavy atom. The van der Waals surface area contributed by atoms with Crippen LogP contribution < -0.4 is 5.32 Å². The maximum Gasteiger partial charge on any atom is 0.0732 e. The van der Waals surface area contributed by atoms with Crippen LogP contribution >= 0.6 is 23.2 Å². The molecule has 1 saturated heterocycles. The Morgan fingerprint density at radius 1 is 1.38 bits per heavy atom. The summed E-state index contributed by atoms with van der Waals surface area (Å²) in [5.41, 5.74) is 0.951. The number of nitrogens with one attached hydrogen (secondary N) is 1. The van der Waals surface area contributed by atoms with Gasteiger partial charge in [0, 0.05) is 16.1 Å². The third-order valence-corrected chi connectivity index (χ3v) is 3.35. The Balaban J connectivity index is 1.82. The normalized spacial score (nSPS) is 20.2. The molecule has 0 spiro atoms. The summed E-state index contributed by atoms with van der Waals surface area (Å²) in [4.78, 5) is 0. The van der Waals surface area contributed by atoms with Crippen molar-refractivity contribution < 1.29 is 4.74 Å². The summed E-state index contributed by atoms with van der Waals surface area (Å²) in [6, 6.07) is 5.94. The van der Waals surface area contributed by atoms with E-state index < -0.39 is 0 Å². The summed E-state index contributed by atoms with van der Waals surface area (Å²) < 4.78 is 5.63. The van der Waals surface area contributed by atoms with Gasteiger partial charge in [0.2, 0.25) is 0 Å². The van der Waals surface area contributed by atoms with E-state index in [0.717, 1.165) is 18.7 Å². The van der Waals surface area contributed by atoms with E-state index in [2.05, 4.69) is 5.32 Å². The Bertz CT molecular complexity index is 351. The number of ether oxygens (including phenoxy) is 1. The number of benzene rings is 1. The number of hydrogen-bond acceptors (Lipinski definition) is 2. The van der Waals surface area contributed by atoms with Crippen LogP contribution in [0.4, 0.5) is 0 Å². The monoisotopic (exact) mass is 259 g/mol. The molecule has 1 aliphatic heterocycles. The Labute approximate surface area is 106 Å². The van der Waals surface area contributed by atoms with Gasteiger partial charge < -0.3 is 10.1 Å². The van der Waals surface area contributed by atoms with Crippen molar-refractivity contribution in [2.45, 2.75) is 25.5 Å². The van der Waals surface area contributed by atoms with Crippen LogP contribution in [0.25, 0.3) is 0 Å². The average molecular weight is 260 g/mol. The quantitative estimate of drug-likeness (QED) is 0.897. The highest BCUT2D eigenvalue weighted by molar-refractivity contribution is 6.33. The summed E-state index contributed by atoms with van der Waals surface area (Å²) in [6.07, 6.45) is 2.44. The zero-order valence-corrected chi connectivity index (χ0v) is 10.5. The van der Waals surface area contributed by atoms with Gasteiger partial charge in [-0.25, -0.2) is 0 Å². The Hall–Kier alpha value is -0.280. The van der Waals surface area contributed by atoms with Crippen LogP contribution in [0.15, 0.2) is 18.2 Å². The van der Waals surface area contributed by atoms with Crippen molar-refractivity contribution in [2.24, 2.45) is 0 Å². The lowest BCUT2D eigenvalue weighted by molar-refractivity contribution is 0.103. The number of rotatable bonds is 4. The molecule has 1 aromatic carbocycles. The molecule has 1 aliphatic rings. The van der Waals surface area contributed by atoms with Crippen molar-refractivity contribution in [3.63, 3.8) is 0 Å². The molecule has 0 aliphatic carbocycles. The molecule has 1 N–H and O–H groups in total. The minimum absolute atomic E-state index is 0.498. The van der Waals surface area contributed by atoms with E-state index in [1.165, 1.54) is 12.8 Å². The lowest BCUT2D eigenvalue weighted by atomic mass is 10.2. The zero-order valence-electron chi connectivity index (χ0n) is 9.01. The van der Waals surface area contributed by atoms with E-state index >= 15 is 0 Å². The van der Waals surface area contributed by atoms with Crippen molar-refractivity contribution in [3.05, 3.63) is 33.8 Å². The van der Waals surface area contributed by atoms with Crippen molar-refractivity contribution in [2.75, 3.05) is 13.2 Å². The molecule has 1 heterocycles. The molecule has 2 nitrogen and oxygen atoms in total. The van der Waals surface area contributed by atoms with Crippen LogP contribution in [0.5, 0.6) is 0 Å². The molecule has 0 saturated carbocycles. The highest BCUT2D eigenvalue weighted by Crippen LogP contribution is 2.21. The number of hydrogen-bond donors (Lipinski definition) is 1. The molecule has 0 bridgehead atoms. The van der Waals surface area contributed by atoms with Crippen LogP contribution in [-0.4, -0.2) is 19.2 Å². The van der Waals surface area contributed by atoms with Gasteiger partial charge in [-0.3, -0.25) is 0 Å². The number of halogens is 2. The second-order valence-corrected chi connectivity index (χ2v) is 4.89. The van der Waals surface area contributed by atoms with Gasteiger partial charge >= 0.3 is 0 Å². The standard InChI is InChI=1S/C12H15Cl2NO/c13-10-3-4-12(14)9(6-10)7-16-8-11-2-1-5-15-11/h3-4,6,11,15H,1-2,5,7-8H2. The molecule has 16 heavy (non-hydrogen) atoms. The van der Waals surface area contributed by atoms with Crippen LogP contribution in [0.2, 0.25) is 10.0 Å². The molecule has 4 heteroatoms. The summed E-state index contributed by atoms with van der Waals surface area (Å²) in [5.74, 6) is 0. The second kappa shape index (κ2) is 5.87. The van der Waals surface area contributed by atoms with Crippen molar-refractivity contribution in [1.29, 1.82) is 0 Å². The van der Waals surface area contributed by atoms with E-state index in [1.54, 1.807) is 12.1 Å². The molecule has 1 atom stereocenters. The molecule has 0 radical (unpaired) electrons. The average Bonchev–Trinajstić information content (AvgIpc) is 2.76. The summed E-state index contributed by atoms with van der Waals surface area (Å²) in [5, 5.41) is 4.79. The van der Waals surface area contributed by atoms with Crippen LogP contribution in [0.1, 0.15) is 18.4 Å². The van der Waals surface area contributed by atoms with Crippen LogP contribution in [0.3, 0.4) is 0 Å². The zero-order chi connectivity index (χ0) is 11.4. The summed E-state index contributed by atoms with van der Waals surface area (Å²) >= 11 is 11.9. The Kier molecular flexibility index (Phi) is 4.47. The first-order valence-electron chi connectivity index (χ1n) is 5.51. The van der Waals surface area contributed by atoms with E-state index in [-0.39, 0.29) is 0 Å². The Morgan fingerprint density at radius 3 is 3.00 bits per heavy atom. The fraction of sp³-hybridized carbons (Fsp3) is 0.500. The van der Waals surface area contributed by atoms with Gasteiger partial charge in [0.05, 0.1) is 13.2 Å². The van der Waals surface area contributed by atoms with E-state index in [9.17, 15) is 0 Å². The van der Waals surface area contributed by atoms with Gasteiger partial charge in [-0.1, -0.05) is 23.2 Å². The maximum atomic E-state index is 6.04. The van der Waals surface area contributed by atoms with E-state index in [0.29, 0.717) is 22.7 Å². The first-order valence-corrected chi connectivity index (χ1v) is 6.26. The topological polar surface area (TPSA) is 21.3 Å². The van der Waals surface area contributed by atoms with Crippen molar-refractivity contribution in [3.8, 4) is 0 Å². The molecule has 1 fully saturated rings. The molecule has 2 rings (SSSR count). The van der Waals surface area contributed by atoms with Gasteiger partial charge in [0.1, 0.15) is 0 Å². The fourth-order valence-electron chi connectivity index (χ4n) is 1.86. The minimum Gasteiger partial charge on any atom is -0.375 e. The largest absolute Gasteiger partial charge is 0.375 e. The van der Waals surface area contributed by atoms with Gasteiger partial charge in [-0.2, -0.15) is 0 Å².